The highest BCUT2D eigenvalue weighted by Crippen LogP contribution is 2.14. The van der Waals surface area contributed by atoms with Gasteiger partial charge in [0.2, 0.25) is 5.91 Å². The molecule has 170 valence electrons. The topological polar surface area (TPSA) is 124 Å². The number of benzene rings is 1. The van der Waals surface area contributed by atoms with E-state index in [4.69, 9.17) is 15.3 Å². The lowest BCUT2D eigenvalue weighted by atomic mass is 10.1. The van der Waals surface area contributed by atoms with Gasteiger partial charge in [0.25, 0.3) is 0 Å². The Morgan fingerprint density at radius 2 is 1.33 bits per heavy atom. The van der Waals surface area contributed by atoms with Crippen molar-refractivity contribution in [3.05, 3.63) is 29.8 Å². The Labute approximate surface area is 179 Å². The van der Waals surface area contributed by atoms with Gasteiger partial charge in [-0.05, 0) is 18.6 Å². The predicted octanol–water partition coefficient (Wildman–Crippen LogP) is 4.98. The molecular weight excluding hydrogens is 386 g/mol. The fraction of sp³-hybridized carbons (Fsp3) is 0.609. The van der Waals surface area contributed by atoms with Crippen molar-refractivity contribution in [2.45, 2.75) is 84.0 Å². The number of carbonyl (C=O) groups excluding carboxylic acids is 1. The van der Waals surface area contributed by atoms with Gasteiger partial charge in [0.1, 0.15) is 11.3 Å². The molecule has 0 spiro atoms. The molecule has 0 atom stereocenters. The van der Waals surface area contributed by atoms with Crippen molar-refractivity contribution in [2.24, 2.45) is 0 Å². The van der Waals surface area contributed by atoms with E-state index in [0.29, 0.717) is 6.54 Å². The second kappa shape index (κ2) is 18.5. The Hall–Kier alpha value is -2.57. The first-order chi connectivity index (χ1) is 14.4. The summed E-state index contributed by atoms with van der Waals surface area (Å²) in [7, 11) is 0. The van der Waals surface area contributed by atoms with Crippen molar-refractivity contribution in [3.63, 3.8) is 0 Å². The van der Waals surface area contributed by atoms with Crippen LogP contribution in [0.15, 0.2) is 24.3 Å². The van der Waals surface area contributed by atoms with Gasteiger partial charge in [-0.25, -0.2) is 4.79 Å². The second-order valence-electron chi connectivity index (χ2n) is 7.25. The van der Waals surface area contributed by atoms with E-state index in [0.717, 1.165) is 12.8 Å². The third-order valence-electron chi connectivity index (χ3n) is 4.55. The van der Waals surface area contributed by atoms with Gasteiger partial charge in [-0.2, -0.15) is 0 Å². The fourth-order valence-corrected chi connectivity index (χ4v) is 2.80. The molecule has 7 nitrogen and oxygen atoms in total. The summed E-state index contributed by atoms with van der Waals surface area (Å²) < 4.78 is 0. The number of amides is 1. The van der Waals surface area contributed by atoms with Crippen LogP contribution in [0, 0.1) is 0 Å². The van der Waals surface area contributed by atoms with Crippen LogP contribution in [0.5, 0.6) is 5.75 Å². The molecule has 0 fully saturated rings. The molecule has 1 amide bonds. The maximum atomic E-state index is 11.2. The van der Waals surface area contributed by atoms with Crippen LogP contribution in [0.3, 0.4) is 0 Å². The molecule has 0 aliphatic rings. The SMILES string of the molecule is CCCCCCCCCCCCNC(=O)CCC(=O)O.O=C(O)c1ccccc1O. The number of hydrogen-bond donors (Lipinski definition) is 4. The quantitative estimate of drug-likeness (QED) is 0.295. The van der Waals surface area contributed by atoms with Gasteiger partial charge in [0.15, 0.2) is 0 Å². The van der Waals surface area contributed by atoms with E-state index in [2.05, 4.69) is 12.2 Å². The Morgan fingerprint density at radius 3 is 1.80 bits per heavy atom. The number of carbonyl (C=O) groups is 3. The number of aromatic carboxylic acids is 1. The Bertz CT molecular complexity index is 617. The van der Waals surface area contributed by atoms with E-state index in [1.54, 1.807) is 12.1 Å². The standard InChI is InChI=1S/C16H31NO3.C7H6O3/c1-2-3-4-5-6-7-8-9-10-11-14-17-15(18)12-13-16(19)20;8-6-4-2-1-3-5(6)7(9)10/h2-14H2,1H3,(H,17,18)(H,19,20);1-4,8H,(H,9,10). The lowest BCUT2D eigenvalue weighted by Crippen LogP contribution is -2.24. The predicted molar refractivity (Wildman–Crippen MR) is 117 cm³/mol. The summed E-state index contributed by atoms with van der Waals surface area (Å²) in [6.07, 6.45) is 12.8. The third-order valence-corrected chi connectivity index (χ3v) is 4.55. The van der Waals surface area contributed by atoms with Gasteiger partial charge in [-0.3, -0.25) is 9.59 Å². The van der Waals surface area contributed by atoms with Gasteiger partial charge in [-0.15, -0.1) is 0 Å². The summed E-state index contributed by atoms with van der Waals surface area (Å²) >= 11 is 0. The van der Waals surface area contributed by atoms with Crippen molar-refractivity contribution >= 4 is 17.8 Å². The minimum atomic E-state index is -1.11. The monoisotopic (exact) mass is 423 g/mol. The normalized spacial score (nSPS) is 10.0. The molecule has 1 rings (SSSR count). The molecule has 1 aromatic carbocycles. The minimum absolute atomic E-state index is 0.0671. The molecule has 0 aromatic heterocycles. The number of aliphatic carboxylic acids is 1. The van der Waals surface area contributed by atoms with Gasteiger partial charge in [-0.1, -0.05) is 76.8 Å². The number of nitrogens with one attached hydrogen (secondary N) is 1. The zero-order valence-corrected chi connectivity index (χ0v) is 18.1. The molecule has 7 heteroatoms. The number of carboxylic acids is 2. The van der Waals surface area contributed by atoms with Crippen LogP contribution >= 0.6 is 0 Å². The van der Waals surface area contributed by atoms with Gasteiger partial charge >= 0.3 is 11.9 Å². The molecular formula is C23H37NO6. The molecule has 0 aliphatic heterocycles. The van der Waals surface area contributed by atoms with Crippen LogP contribution in [0.25, 0.3) is 0 Å². The van der Waals surface area contributed by atoms with E-state index in [-0.39, 0.29) is 30.1 Å². The molecule has 0 heterocycles. The zero-order valence-electron chi connectivity index (χ0n) is 18.1. The molecule has 0 saturated heterocycles. The van der Waals surface area contributed by atoms with Crippen LogP contribution in [0.4, 0.5) is 0 Å². The van der Waals surface area contributed by atoms with E-state index in [1.165, 1.54) is 63.5 Å². The molecule has 0 unspecified atom stereocenters. The molecule has 0 saturated carbocycles. The van der Waals surface area contributed by atoms with Crippen LogP contribution in [-0.4, -0.2) is 39.7 Å². The lowest BCUT2D eigenvalue weighted by molar-refractivity contribution is -0.138. The maximum Gasteiger partial charge on any atom is 0.339 e. The summed E-state index contributed by atoms with van der Waals surface area (Å²) in [6.45, 7) is 2.91. The molecule has 4 N–H and O–H groups in total. The van der Waals surface area contributed by atoms with E-state index in [9.17, 15) is 14.4 Å². The largest absolute Gasteiger partial charge is 0.507 e. The first kappa shape index (κ1) is 27.4. The molecule has 0 aliphatic carbocycles. The number of para-hydroxylation sites is 1. The average Bonchev–Trinajstić information content (AvgIpc) is 2.71. The number of unbranched alkanes of at least 4 members (excludes halogenated alkanes) is 9. The van der Waals surface area contributed by atoms with Crippen molar-refractivity contribution in [3.8, 4) is 5.75 Å². The number of phenols is 1. The summed E-state index contributed by atoms with van der Waals surface area (Å²) in [4.78, 5) is 31.8. The average molecular weight is 424 g/mol. The first-order valence-corrected chi connectivity index (χ1v) is 10.9. The van der Waals surface area contributed by atoms with Crippen molar-refractivity contribution in [1.29, 1.82) is 0 Å². The van der Waals surface area contributed by atoms with E-state index in [1.807, 2.05) is 0 Å². The Morgan fingerprint density at radius 1 is 0.800 bits per heavy atom. The van der Waals surface area contributed by atoms with E-state index < -0.39 is 11.9 Å². The highest BCUT2D eigenvalue weighted by atomic mass is 16.4. The molecule has 30 heavy (non-hydrogen) atoms. The van der Waals surface area contributed by atoms with Gasteiger partial charge in [0, 0.05) is 13.0 Å². The zero-order chi connectivity index (χ0) is 22.6. The van der Waals surface area contributed by atoms with Crippen LogP contribution in [0.1, 0.15) is 94.3 Å². The number of aromatic hydroxyl groups is 1. The lowest BCUT2D eigenvalue weighted by Gasteiger charge is -2.04. The summed E-state index contributed by atoms with van der Waals surface area (Å²) in [5.74, 6) is -2.38. The van der Waals surface area contributed by atoms with Gasteiger partial charge in [0.05, 0.1) is 6.42 Å². The van der Waals surface area contributed by atoms with Crippen LogP contribution in [0.2, 0.25) is 0 Å². The molecule has 1 aromatic rings. The summed E-state index contributed by atoms with van der Waals surface area (Å²) in [5.41, 5.74) is -0.0671. The number of hydrogen-bond acceptors (Lipinski definition) is 4. The number of rotatable bonds is 15. The van der Waals surface area contributed by atoms with Gasteiger partial charge < -0.3 is 20.6 Å². The maximum absolute atomic E-state index is 11.2. The second-order valence-corrected chi connectivity index (χ2v) is 7.25. The minimum Gasteiger partial charge on any atom is -0.507 e. The van der Waals surface area contributed by atoms with Crippen molar-refractivity contribution in [2.75, 3.05) is 6.54 Å². The van der Waals surface area contributed by atoms with Crippen LogP contribution < -0.4 is 5.32 Å². The third kappa shape index (κ3) is 16.4. The number of carboxylic acid groups (broad SMARTS) is 2. The highest BCUT2D eigenvalue weighted by molar-refractivity contribution is 5.90. The summed E-state index contributed by atoms with van der Waals surface area (Å²) in [6, 6.07) is 5.81. The summed E-state index contributed by atoms with van der Waals surface area (Å²) in [5, 5.41) is 28.5. The molecule has 0 bridgehead atoms. The van der Waals surface area contributed by atoms with Crippen molar-refractivity contribution < 1.29 is 29.7 Å². The Kier molecular flexibility index (Phi) is 16.9. The van der Waals surface area contributed by atoms with Crippen LogP contribution in [-0.2, 0) is 9.59 Å². The Balaban J connectivity index is 0.000000696. The first-order valence-electron chi connectivity index (χ1n) is 10.9. The smallest absolute Gasteiger partial charge is 0.339 e. The fourth-order valence-electron chi connectivity index (χ4n) is 2.80. The van der Waals surface area contributed by atoms with Crippen molar-refractivity contribution in [1.82, 2.24) is 5.32 Å². The molecule has 0 radical (unpaired) electrons. The van der Waals surface area contributed by atoms with E-state index >= 15 is 0 Å². The highest BCUT2D eigenvalue weighted by Gasteiger charge is 2.06.